The summed E-state index contributed by atoms with van der Waals surface area (Å²) in [5.41, 5.74) is 0.651. The number of carbonyl (C=O) groups is 1. The van der Waals surface area contributed by atoms with E-state index in [1.54, 1.807) is 0 Å². The minimum Gasteiger partial charge on any atom is -0.385 e. The molecule has 2 rings (SSSR count). The zero-order valence-electron chi connectivity index (χ0n) is 15.5. The van der Waals surface area contributed by atoms with Crippen molar-refractivity contribution in [3.05, 3.63) is 63.7 Å². The highest BCUT2D eigenvalue weighted by molar-refractivity contribution is 7.89. The number of benzene rings is 2. The van der Waals surface area contributed by atoms with E-state index in [4.69, 9.17) is 4.74 Å². The number of methoxy groups -OCH3 is 1. The molecule has 0 atom stereocenters. The van der Waals surface area contributed by atoms with E-state index in [1.165, 1.54) is 56.5 Å². The van der Waals surface area contributed by atoms with Crippen LogP contribution < -0.4 is 10.0 Å². The normalized spacial score (nSPS) is 11.2. The van der Waals surface area contributed by atoms with Crippen molar-refractivity contribution in [3.63, 3.8) is 0 Å². The Labute approximate surface area is 162 Å². The minimum absolute atomic E-state index is 0.0643. The van der Waals surface area contributed by atoms with Gasteiger partial charge in [0.2, 0.25) is 10.0 Å². The van der Waals surface area contributed by atoms with E-state index in [-0.39, 0.29) is 28.3 Å². The van der Waals surface area contributed by atoms with Crippen LogP contribution in [0.25, 0.3) is 0 Å². The molecule has 0 unspecified atom stereocenters. The van der Waals surface area contributed by atoms with Crippen LogP contribution in [-0.4, -0.2) is 39.5 Å². The van der Waals surface area contributed by atoms with E-state index >= 15 is 0 Å². The third-order valence-corrected chi connectivity index (χ3v) is 5.46. The number of carbonyl (C=O) groups excluding carboxylic acids is 1. The highest BCUT2D eigenvalue weighted by Crippen LogP contribution is 2.22. The van der Waals surface area contributed by atoms with Gasteiger partial charge in [0, 0.05) is 43.1 Å². The summed E-state index contributed by atoms with van der Waals surface area (Å²) in [7, 11) is -2.11. The van der Waals surface area contributed by atoms with Crippen LogP contribution in [0.4, 0.5) is 11.4 Å². The summed E-state index contributed by atoms with van der Waals surface area (Å²) in [6, 6.07) is 9.89. The van der Waals surface area contributed by atoms with E-state index in [0.29, 0.717) is 18.7 Å². The van der Waals surface area contributed by atoms with Crippen LogP contribution in [0, 0.1) is 17.0 Å². The van der Waals surface area contributed by atoms with E-state index in [1.807, 2.05) is 0 Å². The monoisotopic (exact) mass is 407 g/mol. The lowest BCUT2D eigenvalue weighted by Gasteiger charge is -2.10. The maximum absolute atomic E-state index is 12.4. The van der Waals surface area contributed by atoms with Gasteiger partial charge in [-0.15, -0.1) is 0 Å². The largest absolute Gasteiger partial charge is 0.385 e. The molecule has 0 saturated carbocycles. The Morgan fingerprint density at radius 2 is 1.86 bits per heavy atom. The molecular weight excluding hydrogens is 386 g/mol. The van der Waals surface area contributed by atoms with Crippen LogP contribution in [0.3, 0.4) is 0 Å². The van der Waals surface area contributed by atoms with Gasteiger partial charge in [-0.2, -0.15) is 0 Å². The molecule has 0 aromatic heterocycles. The molecule has 10 heteroatoms. The van der Waals surface area contributed by atoms with Gasteiger partial charge in [0.15, 0.2) is 0 Å². The van der Waals surface area contributed by atoms with Gasteiger partial charge in [-0.05, 0) is 43.7 Å². The van der Waals surface area contributed by atoms with E-state index in [0.717, 1.165) is 0 Å². The van der Waals surface area contributed by atoms with Crippen molar-refractivity contribution in [3.8, 4) is 0 Å². The molecule has 2 aromatic rings. The van der Waals surface area contributed by atoms with Gasteiger partial charge in [0.05, 0.1) is 9.82 Å². The molecule has 2 aromatic carbocycles. The zero-order chi connectivity index (χ0) is 20.7. The number of nitro benzene ring substituents is 1. The summed E-state index contributed by atoms with van der Waals surface area (Å²) in [5, 5.41) is 13.6. The lowest BCUT2D eigenvalue weighted by molar-refractivity contribution is -0.385. The Bertz CT molecular complexity index is 958. The summed E-state index contributed by atoms with van der Waals surface area (Å²) in [5.74, 6) is -0.519. The Morgan fingerprint density at radius 1 is 1.18 bits per heavy atom. The Morgan fingerprint density at radius 3 is 2.46 bits per heavy atom. The Balaban J connectivity index is 2.09. The number of sulfonamides is 1. The smallest absolute Gasteiger partial charge is 0.273 e. The fourth-order valence-corrected chi connectivity index (χ4v) is 3.56. The van der Waals surface area contributed by atoms with Crippen LogP contribution in [-0.2, 0) is 14.8 Å². The van der Waals surface area contributed by atoms with Crippen molar-refractivity contribution in [2.24, 2.45) is 0 Å². The third kappa shape index (κ3) is 5.35. The predicted molar refractivity (Wildman–Crippen MR) is 104 cm³/mol. The van der Waals surface area contributed by atoms with Gasteiger partial charge in [0.25, 0.3) is 11.6 Å². The van der Waals surface area contributed by atoms with Crippen molar-refractivity contribution in [1.29, 1.82) is 0 Å². The maximum Gasteiger partial charge on any atom is 0.273 e. The minimum atomic E-state index is -3.65. The highest BCUT2D eigenvalue weighted by Gasteiger charge is 2.18. The second-order valence-electron chi connectivity index (χ2n) is 5.93. The maximum atomic E-state index is 12.4. The number of nitrogens with one attached hydrogen (secondary N) is 2. The number of anilines is 1. The van der Waals surface area contributed by atoms with E-state index < -0.39 is 20.9 Å². The van der Waals surface area contributed by atoms with Crippen LogP contribution in [0.2, 0.25) is 0 Å². The zero-order valence-corrected chi connectivity index (χ0v) is 16.3. The topological polar surface area (TPSA) is 128 Å². The summed E-state index contributed by atoms with van der Waals surface area (Å²) in [4.78, 5) is 22.9. The fourth-order valence-electron chi connectivity index (χ4n) is 2.49. The average molecular weight is 407 g/mol. The van der Waals surface area contributed by atoms with E-state index in [9.17, 15) is 23.3 Å². The first-order chi connectivity index (χ1) is 13.3. The molecule has 0 fully saturated rings. The Kier molecular flexibility index (Phi) is 7.21. The molecule has 0 saturated heterocycles. The van der Waals surface area contributed by atoms with Gasteiger partial charge in [0.1, 0.15) is 0 Å². The second-order valence-corrected chi connectivity index (χ2v) is 7.70. The van der Waals surface area contributed by atoms with Crippen molar-refractivity contribution in [1.82, 2.24) is 4.72 Å². The summed E-state index contributed by atoms with van der Waals surface area (Å²) < 4.78 is 31.7. The number of nitrogens with zero attached hydrogens (tertiary/aromatic N) is 1. The average Bonchev–Trinajstić information content (AvgIpc) is 2.65. The van der Waals surface area contributed by atoms with Gasteiger partial charge in [-0.1, -0.05) is 6.07 Å². The van der Waals surface area contributed by atoms with Crippen molar-refractivity contribution < 1.29 is 22.9 Å². The molecule has 0 aliphatic rings. The van der Waals surface area contributed by atoms with Crippen LogP contribution >= 0.6 is 0 Å². The molecule has 1 amide bonds. The first-order valence-corrected chi connectivity index (χ1v) is 9.88. The lowest BCUT2D eigenvalue weighted by atomic mass is 10.1. The van der Waals surface area contributed by atoms with Gasteiger partial charge >= 0.3 is 0 Å². The molecule has 0 spiro atoms. The number of amides is 1. The quantitative estimate of drug-likeness (QED) is 0.373. The lowest BCUT2D eigenvalue weighted by Crippen LogP contribution is -2.25. The SMILES string of the molecule is COCCCNS(=O)(=O)c1ccc(NC(=O)c2cccc([N+](=O)[O-])c2C)cc1. The van der Waals surface area contributed by atoms with Gasteiger partial charge < -0.3 is 10.1 Å². The number of hydrogen-bond acceptors (Lipinski definition) is 6. The molecule has 0 radical (unpaired) electrons. The molecule has 0 heterocycles. The predicted octanol–water partition coefficient (Wildman–Crippen LogP) is 2.47. The molecule has 2 N–H and O–H groups in total. The summed E-state index contributed by atoms with van der Waals surface area (Å²) >= 11 is 0. The third-order valence-electron chi connectivity index (χ3n) is 3.99. The number of ether oxygens (including phenoxy) is 1. The molecule has 0 bridgehead atoms. The summed E-state index contributed by atoms with van der Waals surface area (Å²) in [6.07, 6.45) is 0.548. The van der Waals surface area contributed by atoms with Crippen LogP contribution in [0.5, 0.6) is 0 Å². The molecule has 150 valence electrons. The molecule has 0 aliphatic carbocycles. The summed E-state index contributed by atoms with van der Waals surface area (Å²) in [6.45, 7) is 2.20. The number of rotatable bonds is 9. The van der Waals surface area contributed by atoms with Crippen LogP contribution in [0.1, 0.15) is 22.3 Å². The molecule has 0 aliphatic heterocycles. The number of nitro groups is 1. The van der Waals surface area contributed by atoms with Crippen molar-refractivity contribution in [2.45, 2.75) is 18.2 Å². The van der Waals surface area contributed by atoms with Gasteiger partial charge in [-0.25, -0.2) is 13.1 Å². The first kappa shape index (κ1) is 21.5. The highest BCUT2D eigenvalue weighted by atomic mass is 32.2. The van der Waals surface area contributed by atoms with Crippen molar-refractivity contribution in [2.75, 3.05) is 25.6 Å². The standard InChI is InChI=1S/C18H21N3O6S/c1-13-16(5-3-6-17(13)21(23)24)18(22)20-14-7-9-15(10-8-14)28(25,26)19-11-4-12-27-2/h3,5-10,19H,4,11-12H2,1-2H3,(H,20,22). The number of hydrogen-bond donors (Lipinski definition) is 2. The molecular formula is C18H21N3O6S. The van der Waals surface area contributed by atoms with Crippen molar-refractivity contribution >= 4 is 27.3 Å². The second kappa shape index (κ2) is 9.40. The van der Waals surface area contributed by atoms with E-state index in [2.05, 4.69) is 10.0 Å². The molecule has 28 heavy (non-hydrogen) atoms. The van der Waals surface area contributed by atoms with Gasteiger partial charge in [-0.3, -0.25) is 14.9 Å². The molecule has 9 nitrogen and oxygen atoms in total. The first-order valence-electron chi connectivity index (χ1n) is 8.40. The van der Waals surface area contributed by atoms with Crippen LogP contribution in [0.15, 0.2) is 47.4 Å². The Hall–Kier alpha value is -2.82. The fraction of sp³-hybridized carbons (Fsp3) is 0.278.